The summed E-state index contributed by atoms with van der Waals surface area (Å²) in [6, 6.07) is -0.442. The Morgan fingerprint density at radius 2 is 1.86 bits per heavy atom. The van der Waals surface area contributed by atoms with Crippen LogP contribution >= 0.6 is 0 Å². The summed E-state index contributed by atoms with van der Waals surface area (Å²) in [6.07, 6.45) is 9.64. The van der Waals surface area contributed by atoms with E-state index in [4.69, 9.17) is 4.74 Å². The molecule has 1 N–H and O–H groups in total. The number of carboxylic acids is 1. The number of aliphatic carboxylic acids is 1. The monoisotopic (exact) mass is 309 g/mol. The van der Waals surface area contributed by atoms with Crippen LogP contribution in [0.2, 0.25) is 0 Å². The van der Waals surface area contributed by atoms with Gasteiger partial charge in [0.15, 0.2) is 0 Å². The van der Waals surface area contributed by atoms with Crippen molar-refractivity contribution in [2.45, 2.75) is 82.4 Å². The zero-order valence-corrected chi connectivity index (χ0v) is 13.2. The standard InChI is InChI=1S/C17H27NO4/c19-16(9-8-13-6-3-4-10-22-13)18-14-7-2-1-5-12(14)11-15(18)17(20)21/h12-15H,1-11H2,(H,20,21). The molecule has 4 atom stereocenters. The van der Waals surface area contributed by atoms with Crippen molar-refractivity contribution in [1.29, 1.82) is 0 Å². The summed E-state index contributed by atoms with van der Waals surface area (Å²) < 4.78 is 5.68. The number of carbonyl (C=O) groups is 2. The maximum absolute atomic E-state index is 12.7. The molecular weight excluding hydrogens is 282 g/mol. The SMILES string of the molecule is O=C(O)C1CC2CCCCC2N1C(=O)CCC1CCCCO1. The second-order valence-corrected chi connectivity index (χ2v) is 7.03. The van der Waals surface area contributed by atoms with E-state index in [0.717, 1.165) is 45.1 Å². The van der Waals surface area contributed by atoms with Crippen molar-refractivity contribution in [2.75, 3.05) is 6.61 Å². The third kappa shape index (κ3) is 3.29. The van der Waals surface area contributed by atoms with E-state index in [1.54, 1.807) is 4.90 Å². The third-order valence-electron chi connectivity index (χ3n) is 5.62. The van der Waals surface area contributed by atoms with Crippen LogP contribution in [0.4, 0.5) is 0 Å². The van der Waals surface area contributed by atoms with Gasteiger partial charge in [0.2, 0.25) is 5.91 Å². The summed E-state index contributed by atoms with van der Waals surface area (Å²) in [5.74, 6) is -0.419. The number of likely N-dealkylation sites (tertiary alicyclic amines) is 1. The minimum atomic E-state index is -0.836. The molecule has 1 aliphatic carbocycles. The largest absolute Gasteiger partial charge is 0.480 e. The van der Waals surface area contributed by atoms with Crippen molar-refractivity contribution < 1.29 is 19.4 Å². The molecular formula is C17H27NO4. The second-order valence-electron chi connectivity index (χ2n) is 7.03. The first kappa shape index (κ1) is 15.8. The number of ether oxygens (including phenoxy) is 1. The summed E-state index contributed by atoms with van der Waals surface area (Å²) in [5, 5.41) is 9.48. The van der Waals surface area contributed by atoms with Crippen molar-refractivity contribution in [3.05, 3.63) is 0 Å². The Labute approximate surface area is 132 Å². The first-order valence-electron chi connectivity index (χ1n) is 8.82. The molecule has 0 spiro atoms. The average molecular weight is 309 g/mol. The molecule has 2 heterocycles. The van der Waals surface area contributed by atoms with Crippen LogP contribution in [0.5, 0.6) is 0 Å². The van der Waals surface area contributed by atoms with E-state index in [-0.39, 0.29) is 18.1 Å². The van der Waals surface area contributed by atoms with Gasteiger partial charge in [-0.05, 0) is 50.9 Å². The third-order valence-corrected chi connectivity index (χ3v) is 5.62. The molecule has 3 aliphatic rings. The smallest absolute Gasteiger partial charge is 0.326 e. The molecule has 0 bridgehead atoms. The Bertz CT molecular complexity index is 419. The molecule has 1 amide bonds. The number of carboxylic acid groups (broad SMARTS) is 1. The number of amides is 1. The van der Waals surface area contributed by atoms with Crippen molar-refractivity contribution >= 4 is 11.9 Å². The molecule has 0 aromatic carbocycles. The van der Waals surface area contributed by atoms with Gasteiger partial charge in [-0.3, -0.25) is 4.79 Å². The van der Waals surface area contributed by atoms with Crippen LogP contribution in [-0.4, -0.2) is 46.7 Å². The van der Waals surface area contributed by atoms with E-state index in [0.29, 0.717) is 18.8 Å². The average Bonchev–Trinajstić information content (AvgIpc) is 2.93. The van der Waals surface area contributed by atoms with E-state index in [1.807, 2.05) is 0 Å². The van der Waals surface area contributed by atoms with E-state index in [9.17, 15) is 14.7 Å². The lowest BCUT2D eigenvalue weighted by molar-refractivity contribution is -0.150. The number of nitrogens with zero attached hydrogens (tertiary/aromatic N) is 1. The van der Waals surface area contributed by atoms with Gasteiger partial charge in [-0.2, -0.15) is 0 Å². The van der Waals surface area contributed by atoms with Gasteiger partial charge in [0, 0.05) is 19.1 Å². The van der Waals surface area contributed by atoms with E-state index in [2.05, 4.69) is 0 Å². The number of carbonyl (C=O) groups excluding carboxylic acids is 1. The minimum absolute atomic E-state index is 0.0240. The lowest BCUT2D eigenvalue weighted by Crippen LogP contribution is -2.46. The fourth-order valence-electron chi connectivity index (χ4n) is 4.49. The van der Waals surface area contributed by atoms with E-state index >= 15 is 0 Å². The zero-order chi connectivity index (χ0) is 15.5. The van der Waals surface area contributed by atoms with Gasteiger partial charge in [-0.1, -0.05) is 12.8 Å². The molecule has 4 unspecified atom stereocenters. The molecule has 0 radical (unpaired) electrons. The van der Waals surface area contributed by atoms with Crippen LogP contribution in [0.15, 0.2) is 0 Å². The molecule has 0 aromatic heterocycles. The van der Waals surface area contributed by atoms with E-state index in [1.165, 1.54) is 12.8 Å². The topological polar surface area (TPSA) is 66.8 Å². The second kappa shape index (κ2) is 6.99. The van der Waals surface area contributed by atoms with Gasteiger partial charge < -0.3 is 14.7 Å². The summed E-state index contributed by atoms with van der Waals surface area (Å²) in [7, 11) is 0. The van der Waals surface area contributed by atoms with Crippen molar-refractivity contribution in [3.8, 4) is 0 Å². The maximum Gasteiger partial charge on any atom is 0.326 e. The highest BCUT2D eigenvalue weighted by Crippen LogP contribution is 2.40. The Morgan fingerprint density at radius 3 is 2.59 bits per heavy atom. The first-order valence-corrected chi connectivity index (χ1v) is 8.82. The summed E-state index contributed by atoms with van der Waals surface area (Å²) in [6.45, 7) is 0.797. The van der Waals surface area contributed by atoms with Gasteiger partial charge in [-0.15, -0.1) is 0 Å². The molecule has 22 heavy (non-hydrogen) atoms. The van der Waals surface area contributed by atoms with Gasteiger partial charge >= 0.3 is 5.97 Å². The molecule has 0 aromatic rings. The van der Waals surface area contributed by atoms with Crippen LogP contribution in [0, 0.1) is 5.92 Å². The highest BCUT2D eigenvalue weighted by Gasteiger charge is 2.47. The van der Waals surface area contributed by atoms with Crippen molar-refractivity contribution in [2.24, 2.45) is 5.92 Å². The molecule has 2 aliphatic heterocycles. The Balaban J connectivity index is 1.61. The number of rotatable bonds is 4. The highest BCUT2D eigenvalue weighted by atomic mass is 16.5. The summed E-state index contributed by atoms with van der Waals surface area (Å²) in [5.41, 5.74) is 0. The molecule has 5 nitrogen and oxygen atoms in total. The van der Waals surface area contributed by atoms with Gasteiger partial charge in [-0.25, -0.2) is 4.79 Å². The molecule has 1 saturated carbocycles. The van der Waals surface area contributed by atoms with Crippen LogP contribution in [0.1, 0.15) is 64.2 Å². The minimum Gasteiger partial charge on any atom is -0.480 e. The lowest BCUT2D eigenvalue weighted by Gasteiger charge is -2.33. The van der Waals surface area contributed by atoms with Crippen molar-refractivity contribution in [3.63, 3.8) is 0 Å². The van der Waals surface area contributed by atoms with Gasteiger partial charge in [0.05, 0.1) is 6.10 Å². The van der Waals surface area contributed by atoms with Crippen molar-refractivity contribution in [1.82, 2.24) is 4.90 Å². The summed E-state index contributed by atoms with van der Waals surface area (Å²) >= 11 is 0. The number of fused-ring (bicyclic) bond motifs is 1. The highest BCUT2D eigenvalue weighted by molar-refractivity contribution is 5.84. The molecule has 3 fully saturated rings. The van der Waals surface area contributed by atoms with E-state index < -0.39 is 12.0 Å². The van der Waals surface area contributed by atoms with Gasteiger partial charge in [0.1, 0.15) is 6.04 Å². The van der Waals surface area contributed by atoms with Gasteiger partial charge in [0.25, 0.3) is 0 Å². The maximum atomic E-state index is 12.7. The molecule has 3 rings (SSSR count). The lowest BCUT2D eigenvalue weighted by atomic mass is 9.84. The Morgan fingerprint density at radius 1 is 1.09 bits per heavy atom. The summed E-state index contributed by atoms with van der Waals surface area (Å²) in [4.78, 5) is 25.9. The van der Waals surface area contributed by atoms with Crippen LogP contribution in [-0.2, 0) is 14.3 Å². The fraction of sp³-hybridized carbons (Fsp3) is 0.882. The molecule has 2 saturated heterocycles. The Kier molecular flexibility index (Phi) is 5.01. The number of hydrogen-bond donors (Lipinski definition) is 1. The van der Waals surface area contributed by atoms with Crippen LogP contribution in [0.3, 0.4) is 0 Å². The molecule has 124 valence electrons. The molecule has 5 heteroatoms. The Hall–Kier alpha value is -1.10. The van der Waals surface area contributed by atoms with Crippen LogP contribution in [0.25, 0.3) is 0 Å². The predicted molar refractivity (Wildman–Crippen MR) is 81.5 cm³/mol. The number of hydrogen-bond acceptors (Lipinski definition) is 3. The predicted octanol–water partition coefficient (Wildman–Crippen LogP) is 2.58. The van der Waals surface area contributed by atoms with Crippen LogP contribution < -0.4 is 0 Å². The first-order chi connectivity index (χ1) is 10.7. The zero-order valence-electron chi connectivity index (χ0n) is 13.2. The normalized spacial score (nSPS) is 35.2. The fourth-order valence-corrected chi connectivity index (χ4v) is 4.49. The quantitative estimate of drug-likeness (QED) is 0.867.